The molecule has 1 atom stereocenters. The zero-order valence-electron chi connectivity index (χ0n) is 11.0. The summed E-state index contributed by atoms with van der Waals surface area (Å²) in [4.78, 5) is 0. The van der Waals surface area contributed by atoms with Crippen molar-refractivity contribution in [1.29, 1.82) is 0 Å². The molecule has 19 heavy (non-hydrogen) atoms. The van der Waals surface area contributed by atoms with E-state index < -0.39 is 0 Å². The van der Waals surface area contributed by atoms with Gasteiger partial charge in [-0.05, 0) is 57.6 Å². The second kappa shape index (κ2) is 4.99. The van der Waals surface area contributed by atoms with E-state index in [2.05, 4.69) is 61.0 Å². The lowest BCUT2D eigenvalue weighted by Gasteiger charge is -2.16. The first-order valence-corrected chi connectivity index (χ1v) is 7.71. The van der Waals surface area contributed by atoms with E-state index in [1.807, 2.05) is 0 Å². The minimum absolute atomic E-state index is 0.0719. The van der Waals surface area contributed by atoms with Crippen molar-refractivity contribution in [3.8, 4) is 0 Å². The van der Waals surface area contributed by atoms with Crippen LogP contribution < -0.4 is 0 Å². The fraction of sp³-hybridized carbons (Fsp3) is 0.176. The van der Waals surface area contributed by atoms with E-state index in [-0.39, 0.29) is 5.38 Å². The van der Waals surface area contributed by atoms with Gasteiger partial charge in [-0.3, -0.25) is 0 Å². The number of alkyl halides is 1. The first kappa shape index (κ1) is 12.7. The molecule has 0 bridgehead atoms. The molecular weight excluding hydrogens is 272 g/mol. The summed E-state index contributed by atoms with van der Waals surface area (Å²) >= 11 is 8.49. The van der Waals surface area contributed by atoms with Crippen molar-refractivity contribution in [2.45, 2.75) is 19.2 Å². The first-order chi connectivity index (χ1) is 9.18. The van der Waals surface area contributed by atoms with Gasteiger partial charge in [0.15, 0.2) is 0 Å². The van der Waals surface area contributed by atoms with Gasteiger partial charge in [-0.2, -0.15) is 11.3 Å². The van der Waals surface area contributed by atoms with E-state index >= 15 is 0 Å². The van der Waals surface area contributed by atoms with Crippen molar-refractivity contribution in [3.63, 3.8) is 0 Å². The molecule has 0 amide bonds. The average Bonchev–Trinajstić information content (AvgIpc) is 2.84. The summed E-state index contributed by atoms with van der Waals surface area (Å²) in [6, 6.07) is 12.8. The molecule has 0 saturated carbocycles. The quantitative estimate of drug-likeness (QED) is 0.519. The predicted molar refractivity (Wildman–Crippen MR) is 85.4 cm³/mol. The molecule has 96 valence electrons. The Morgan fingerprint density at radius 3 is 2.47 bits per heavy atom. The molecule has 0 aliphatic heterocycles. The lowest BCUT2D eigenvalue weighted by Crippen LogP contribution is -1.98. The van der Waals surface area contributed by atoms with Crippen LogP contribution >= 0.6 is 22.9 Å². The third-order valence-corrected chi connectivity index (χ3v) is 4.94. The van der Waals surface area contributed by atoms with Gasteiger partial charge in [-0.25, -0.2) is 0 Å². The molecular formula is C17H15ClS. The summed E-state index contributed by atoms with van der Waals surface area (Å²) in [7, 11) is 0. The highest BCUT2D eigenvalue weighted by atomic mass is 35.5. The van der Waals surface area contributed by atoms with Crippen molar-refractivity contribution >= 4 is 33.7 Å². The Balaban J connectivity index is 2.24. The highest BCUT2D eigenvalue weighted by molar-refractivity contribution is 7.08. The van der Waals surface area contributed by atoms with Crippen LogP contribution in [0.2, 0.25) is 0 Å². The van der Waals surface area contributed by atoms with E-state index in [0.717, 1.165) is 0 Å². The molecule has 1 unspecified atom stereocenters. The molecule has 0 aliphatic carbocycles. The Morgan fingerprint density at radius 1 is 0.947 bits per heavy atom. The summed E-state index contributed by atoms with van der Waals surface area (Å²) in [5, 5.41) is 6.76. The summed E-state index contributed by atoms with van der Waals surface area (Å²) in [6.45, 7) is 4.26. The maximum atomic E-state index is 6.77. The number of hydrogen-bond acceptors (Lipinski definition) is 1. The largest absolute Gasteiger partial charge is 0.152 e. The van der Waals surface area contributed by atoms with Crippen LogP contribution in [0.3, 0.4) is 0 Å². The lowest BCUT2D eigenvalue weighted by molar-refractivity contribution is 1.12. The van der Waals surface area contributed by atoms with Crippen molar-refractivity contribution < 1.29 is 0 Å². The van der Waals surface area contributed by atoms with E-state index in [0.29, 0.717) is 0 Å². The smallest absolute Gasteiger partial charge is 0.0854 e. The number of fused-ring (bicyclic) bond motifs is 1. The number of rotatable bonds is 2. The third kappa shape index (κ3) is 2.18. The number of benzene rings is 2. The van der Waals surface area contributed by atoms with Crippen LogP contribution in [0.5, 0.6) is 0 Å². The van der Waals surface area contributed by atoms with Crippen LogP contribution in [0.1, 0.15) is 27.6 Å². The van der Waals surface area contributed by atoms with Gasteiger partial charge in [0.05, 0.1) is 5.38 Å². The first-order valence-electron chi connectivity index (χ1n) is 6.33. The van der Waals surface area contributed by atoms with Crippen LogP contribution in [0.15, 0.2) is 47.2 Å². The van der Waals surface area contributed by atoms with E-state index in [9.17, 15) is 0 Å². The van der Waals surface area contributed by atoms with E-state index in [1.54, 1.807) is 11.3 Å². The molecule has 1 heterocycles. The fourth-order valence-corrected chi connectivity index (χ4v) is 4.00. The molecule has 0 spiro atoms. The number of hydrogen-bond donors (Lipinski definition) is 0. The van der Waals surface area contributed by atoms with Gasteiger partial charge >= 0.3 is 0 Å². The zero-order valence-corrected chi connectivity index (χ0v) is 12.6. The molecule has 3 aromatic rings. The molecule has 0 nitrogen and oxygen atoms in total. The zero-order chi connectivity index (χ0) is 13.4. The van der Waals surface area contributed by atoms with Gasteiger partial charge in [-0.15, -0.1) is 11.6 Å². The summed E-state index contributed by atoms with van der Waals surface area (Å²) < 4.78 is 0. The minimum atomic E-state index is -0.0719. The highest BCUT2D eigenvalue weighted by Gasteiger charge is 2.18. The van der Waals surface area contributed by atoms with Crippen molar-refractivity contribution in [1.82, 2.24) is 0 Å². The van der Waals surface area contributed by atoms with Gasteiger partial charge in [0, 0.05) is 0 Å². The lowest BCUT2D eigenvalue weighted by atomic mass is 9.94. The second-order valence-corrected chi connectivity index (χ2v) is 6.07. The maximum Gasteiger partial charge on any atom is 0.0854 e. The summed E-state index contributed by atoms with van der Waals surface area (Å²) in [5.74, 6) is 0. The van der Waals surface area contributed by atoms with Crippen LogP contribution in [-0.4, -0.2) is 0 Å². The van der Waals surface area contributed by atoms with E-state index in [4.69, 9.17) is 11.6 Å². The van der Waals surface area contributed by atoms with Crippen LogP contribution in [0.4, 0.5) is 0 Å². The molecule has 0 radical (unpaired) electrons. The molecule has 0 fully saturated rings. The van der Waals surface area contributed by atoms with E-state index in [1.165, 1.54) is 33.0 Å². The number of halogens is 1. The van der Waals surface area contributed by atoms with Gasteiger partial charge < -0.3 is 0 Å². The normalized spacial score (nSPS) is 12.8. The number of thiophene rings is 1. The standard InChI is InChI=1S/C17H15ClS/c1-11-7-8-13-5-3-4-6-14(13)16(11)17(18)15-10-19-9-12(15)2/h3-10,17H,1-2H3. The Labute approximate surface area is 122 Å². The minimum Gasteiger partial charge on any atom is -0.152 e. The Hall–Kier alpha value is -1.31. The molecule has 1 aromatic heterocycles. The maximum absolute atomic E-state index is 6.77. The molecule has 2 aromatic carbocycles. The molecule has 2 heteroatoms. The van der Waals surface area contributed by atoms with Gasteiger partial charge in [0.25, 0.3) is 0 Å². The average molecular weight is 287 g/mol. The fourth-order valence-electron chi connectivity index (χ4n) is 2.53. The second-order valence-electron chi connectivity index (χ2n) is 4.89. The van der Waals surface area contributed by atoms with Gasteiger partial charge in [-0.1, -0.05) is 36.4 Å². The SMILES string of the molecule is Cc1cscc1C(Cl)c1c(C)ccc2ccccc12. The summed E-state index contributed by atoms with van der Waals surface area (Å²) in [5.41, 5.74) is 4.99. The van der Waals surface area contributed by atoms with Crippen molar-refractivity contribution in [2.24, 2.45) is 0 Å². The molecule has 0 N–H and O–H groups in total. The van der Waals surface area contributed by atoms with Crippen molar-refractivity contribution in [3.05, 3.63) is 69.4 Å². The number of aryl methyl sites for hydroxylation is 2. The monoisotopic (exact) mass is 286 g/mol. The van der Waals surface area contributed by atoms with Crippen LogP contribution in [0.25, 0.3) is 10.8 Å². The van der Waals surface area contributed by atoms with Crippen LogP contribution in [0, 0.1) is 13.8 Å². The Morgan fingerprint density at radius 2 is 1.74 bits per heavy atom. The van der Waals surface area contributed by atoms with Crippen LogP contribution in [-0.2, 0) is 0 Å². The molecule has 0 saturated heterocycles. The predicted octanol–water partition coefficient (Wildman–Crippen LogP) is 5.85. The van der Waals surface area contributed by atoms with Gasteiger partial charge in [0.1, 0.15) is 0 Å². The highest BCUT2D eigenvalue weighted by Crippen LogP contribution is 2.38. The Kier molecular flexibility index (Phi) is 3.34. The van der Waals surface area contributed by atoms with Gasteiger partial charge in [0.2, 0.25) is 0 Å². The molecule has 3 rings (SSSR count). The Bertz CT molecular complexity index is 727. The summed E-state index contributed by atoms with van der Waals surface area (Å²) in [6.07, 6.45) is 0. The molecule has 0 aliphatic rings. The van der Waals surface area contributed by atoms with Crippen molar-refractivity contribution in [2.75, 3.05) is 0 Å². The third-order valence-electron chi connectivity index (χ3n) is 3.61. The topological polar surface area (TPSA) is 0 Å².